The van der Waals surface area contributed by atoms with Crippen LogP contribution in [0.5, 0.6) is 0 Å². The molecule has 132 valence electrons. The fraction of sp³-hybridized carbons (Fsp3) is 0.0588. The zero-order chi connectivity index (χ0) is 18.7. The van der Waals surface area contributed by atoms with E-state index in [0.29, 0.717) is 16.0 Å². The van der Waals surface area contributed by atoms with Crippen molar-refractivity contribution < 1.29 is 14.1 Å². The minimum absolute atomic E-state index is 0.154. The number of anilines is 1. The Morgan fingerprint density at radius 2 is 2.12 bits per heavy atom. The zero-order valence-corrected chi connectivity index (χ0v) is 15.5. The SMILES string of the molecule is O=C(Nc1ncc(Cc2cccc(F)c2)s1)c1ccc(Br)c([N+](=O)[O-])c1. The van der Waals surface area contributed by atoms with Gasteiger partial charge in [-0.05, 0) is 45.8 Å². The number of halogens is 2. The Morgan fingerprint density at radius 3 is 2.85 bits per heavy atom. The summed E-state index contributed by atoms with van der Waals surface area (Å²) in [5.74, 6) is -0.801. The van der Waals surface area contributed by atoms with Gasteiger partial charge in [-0.15, -0.1) is 11.3 Å². The van der Waals surface area contributed by atoms with E-state index in [2.05, 4.69) is 26.2 Å². The summed E-state index contributed by atoms with van der Waals surface area (Å²) in [6.07, 6.45) is 2.10. The maximum atomic E-state index is 13.2. The molecule has 0 saturated carbocycles. The van der Waals surface area contributed by atoms with E-state index in [9.17, 15) is 19.3 Å². The van der Waals surface area contributed by atoms with Gasteiger partial charge in [0, 0.05) is 29.1 Å². The highest BCUT2D eigenvalue weighted by Crippen LogP contribution is 2.27. The maximum Gasteiger partial charge on any atom is 0.284 e. The molecule has 26 heavy (non-hydrogen) atoms. The van der Waals surface area contributed by atoms with Crippen LogP contribution in [0.15, 0.2) is 53.1 Å². The normalized spacial score (nSPS) is 10.5. The molecule has 9 heteroatoms. The Hall–Kier alpha value is -2.65. The van der Waals surface area contributed by atoms with Crippen LogP contribution in [0.2, 0.25) is 0 Å². The lowest BCUT2D eigenvalue weighted by molar-refractivity contribution is -0.385. The average molecular weight is 436 g/mol. The van der Waals surface area contributed by atoms with Crippen molar-refractivity contribution in [2.45, 2.75) is 6.42 Å². The fourth-order valence-electron chi connectivity index (χ4n) is 2.26. The standard InChI is InChI=1S/C17H11BrFN3O3S/c18-14-5-4-11(8-15(14)22(24)25)16(23)21-17-20-9-13(26-17)7-10-2-1-3-12(19)6-10/h1-6,8-9H,7H2,(H,20,21,23). The number of carbonyl (C=O) groups is 1. The summed E-state index contributed by atoms with van der Waals surface area (Å²) < 4.78 is 13.5. The zero-order valence-electron chi connectivity index (χ0n) is 13.1. The van der Waals surface area contributed by atoms with Gasteiger partial charge in [0.1, 0.15) is 5.82 Å². The number of thiazole rings is 1. The molecule has 0 spiro atoms. The van der Waals surface area contributed by atoms with Crippen LogP contribution in [0.25, 0.3) is 0 Å². The molecule has 0 saturated heterocycles. The average Bonchev–Trinajstić information content (AvgIpc) is 3.01. The minimum Gasteiger partial charge on any atom is -0.298 e. The summed E-state index contributed by atoms with van der Waals surface area (Å²) in [4.78, 5) is 27.7. The molecule has 0 radical (unpaired) electrons. The van der Waals surface area contributed by atoms with E-state index in [-0.39, 0.29) is 17.1 Å². The molecule has 1 heterocycles. The Morgan fingerprint density at radius 1 is 1.31 bits per heavy atom. The number of hydrogen-bond donors (Lipinski definition) is 1. The quantitative estimate of drug-likeness (QED) is 0.460. The second kappa shape index (κ2) is 7.71. The minimum atomic E-state index is -0.568. The van der Waals surface area contributed by atoms with Crippen molar-refractivity contribution in [3.8, 4) is 0 Å². The number of rotatable bonds is 5. The Labute approximate surface area is 160 Å². The number of nitro groups is 1. The van der Waals surface area contributed by atoms with Crippen molar-refractivity contribution in [2.24, 2.45) is 0 Å². The Kier molecular flexibility index (Phi) is 5.38. The van der Waals surface area contributed by atoms with E-state index >= 15 is 0 Å². The van der Waals surface area contributed by atoms with Crippen LogP contribution >= 0.6 is 27.3 Å². The number of carbonyl (C=O) groups excluding carboxylic acids is 1. The predicted molar refractivity (Wildman–Crippen MR) is 100 cm³/mol. The van der Waals surface area contributed by atoms with E-state index in [0.717, 1.165) is 10.4 Å². The van der Waals surface area contributed by atoms with Crippen LogP contribution in [0.1, 0.15) is 20.8 Å². The summed E-state index contributed by atoms with van der Waals surface area (Å²) >= 11 is 4.34. The highest BCUT2D eigenvalue weighted by Gasteiger charge is 2.17. The first kappa shape index (κ1) is 18.2. The smallest absolute Gasteiger partial charge is 0.284 e. The van der Waals surface area contributed by atoms with Crippen molar-refractivity contribution in [3.63, 3.8) is 0 Å². The van der Waals surface area contributed by atoms with Gasteiger partial charge in [0.2, 0.25) is 0 Å². The fourth-order valence-corrected chi connectivity index (χ4v) is 3.49. The lowest BCUT2D eigenvalue weighted by atomic mass is 10.1. The molecule has 0 aliphatic heterocycles. The summed E-state index contributed by atoms with van der Waals surface area (Å²) in [7, 11) is 0. The largest absolute Gasteiger partial charge is 0.298 e. The molecular formula is C17H11BrFN3O3S. The van der Waals surface area contributed by atoms with E-state index in [4.69, 9.17) is 0 Å². The summed E-state index contributed by atoms with van der Waals surface area (Å²) in [6.45, 7) is 0. The van der Waals surface area contributed by atoms with Crippen molar-refractivity contribution in [3.05, 3.63) is 85.1 Å². The van der Waals surface area contributed by atoms with Gasteiger partial charge >= 0.3 is 0 Å². The second-order valence-corrected chi connectivity index (χ2v) is 7.29. The Bertz CT molecular complexity index is 993. The molecule has 0 atom stereocenters. The first-order chi connectivity index (χ1) is 12.4. The molecule has 0 aliphatic rings. The number of nitro benzene ring substituents is 1. The molecule has 6 nitrogen and oxygen atoms in total. The van der Waals surface area contributed by atoms with Crippen molar-refractivity contribution in [2.75, 3.05) is 5.32 Å². The van der Waals surface area contributed by atoms with Gasteiger partial charge in [0.05, 0.1) is 9.40 Å². The number of amides is 1. The van der Waals surface area contributed by atoms with Gasteiger partial charge in [0.15, 0.2) is 5.13 Å². The van der Waals surface area contributed by atoms with Crippen LogP contribution in [-0.4, -0.2) is 15.8 Å². The highest BCUT2D eigenvalue weighted by molar-refractivity contribution is 9.10. The number of hydrogen-bond acceptors (Lipinski definition) is 5. The van der Waals surface area contributed by atoms with Gasteiger partial charge in [0.25, 0.3) is 11.6 Å². The molecule has 0 bridgehead atoms. The van der Waals surface area contributed by atoms with Crippen LogP contribution in [0, 0.1) is 15.9 Å². The molecule has 0 fully saturated rings. The molecule has 0 unspecified atom stereocenters. The van der Waals surface area contributed by atoms with Gasteiger partial charge in [-0.2, -0.15) is 0 Å². The van der Waals surface area contributed by atoms with Gasteiger partial charge < -0.3 is 0 Å². The van der Waals surface area contributed by atoms with E-state index in [1.807, 2.05) is 6.07 Å². The monoisotopic (exact) mass is 435 g/mol. The van der Waals surface area contributed by atoms with Crippen LogP contribution in [0.4, 0.5) is 15.2 Å². The van der Waals surface area contributed by atoms with E-state index < -0.39 is 10.8 Å². The number of aromatic nitrogens is 1. The molecule has 1 aromatic heterocycles. The third kappa shape index (κ3) is 4.30. The van der Waals surface area contributed by atoms with Crippen molar-refractivity contribution in [1.29, 1.82) is 0 Å². The van der Waals surface area contributed by atoms with E-state index in [1.54, 1.807) is 12.3 Å². The summed E-state index contributed by atoms with van der Waals surface area (Å²) in [5, 5.41) is 13.9. The van der Waals surface area contributed by atoms with Crippen LogP contribution in [0.3, 0.4) is 0 Å². The van der Waals surface area contributed by atoms with Crippen molar-refractivity contribution in [1.82, 2.24) is 4.98 Å². The number of benzene rings is 2. The molecule has 3 aromatic rings. The highest BCUT2D eigenvalue weighted by atomic mass is 79.9. The third-order valence-corrected chi connectivity index (χ3v) is 5.03. The predicted octanol–water partition coefficient (Wildman–Crippen LogP) is 4.80. The topological polar surface area (TPSA) is 85.1 Å². The molecule has 0 aliphatic carbocycles. The lowest BCUT2D eigenvalue weighted by Crippen LogP contribution is -2.11. The number of nitrogens with zero attached hydrogens (tertiary/aromatic N) is 2. The molecule has 3 rings (SSSR count). The van der Waals surface area contributed by atoms with Gasteiger partial charge in [-0.25, -0.2) is 9.37 Å². The molecule has 2 aromatic carbocycles. The lowest BCUT2D eigenvalue weighted by Gasteiger charge is -2.03. The molecule has 1 amide bonds. The second-order valence-electron chi connectivity index (χ2n) is 5.32. The molecular weight excluding hydrogens is 425 g/mol. The van der Waals surface area contributed by atoms with Gasteiger partial charge in [-0.3, -0.25) is 20.2 Å². The van der Waals surface area contributed by atoms with E-state index in [1.165, 1.54) is 41.7 Å². The van der Waals surface area contributed by atoms with Gasteiger partial charge in [-0.1, -0.05) is 12.1 Å². The van der Waals surface area contributed by atoms with Crippen LogP contribution in [-0.2, 0) is 6.42 Å². The summed E-state index contributed by atoms with van der Waals surface area (Å²) in [5.41, 5.74) is 0.764. The molecule has 1 N–H and O–H groups in total. The summed E-state index contributed by atoms with van der Waals surface area (Å²) in [6, 6.07) is 10.4. The maximum absolute atomic E-state index is 13.2. The first-order valence-electron chi connectivity index (χ1n) is 7.37. The van der Waals surface area contributed by atoms with Crippen molar-refractivity contribution >= 4 is 44.0 Å². The Balaban J connectivity index is 1.72. The first-order valence-corrected chi connectivity index (χ1v) is 8.98. The number of nitrogens with one attached hydrogen (secondary N) is 1. The third-order valence-electron chi connectivity index (χ3n) is 3.45. The van der Waals surface area contributed by atoms with Crippen LogP contribution < -0.4 is 5.32 Å².